The lowest BCUT2D eigenvalue weighted by atomic mass is 10.1. The molecule has 2 amide bonds. The number of rotatable bonds is 11. The number of nitrogens with one attached hydrogen (secondary N) is 1. The molecule has 0 heterocycles. The van der Waals surface area contributed by atoms with Crippen LogP contribution < -0.4 is 14.4 Å². The second-order valence-electron chi connectivity index (χ2n) is 9.98. The zero-order valence-corrected chi connectivity index (χ0v) is 23.7. The number of hydrogen-bond acceptors (Lipinski definition) is 5. The maximum absolute atomic E-state index is 13.9. The number of carbonyl (C=O) groups excluding carboxylic acids is 2. The van der Waals surface area contributed by atoms with E-state index in [2.05, 4.69) is 5.32 Å². The smallest absolute Gasteiger partial charge is 0.264 e. The molecule has 11 heteroatoms. The Hall–Kier alpha value is -3.99. The molecule has 0 spiro atoms. The number of anilines is 1. The van der Waals surface area contributed by atoms with E-state index in [-0.39, 0.29) is 29.1 Å². The molecule has 3 aromatic carbocycles. The fourth-order valence-electron chi connectivity index (χ4n) is 4.77. The number of halogens is 2. The van der Waals surface area contributed by atoms with Crippen LogP contribution in [0.2, 0.25) is 0 Å². The number of nitrogens with zero attached hydrogens (tertiary/aromatic N) is 2. The van der Waals surface area contributed by atoms with E-state index in [1.807, 2.05) is 0 Å². The van der Waals surface area contributed by atoms with Crippen molar-refractivity contribution in [1.29, 1.82) is 0 Å². The van der Waals surface area contributed by atoms with E-state index in [0.29, 0.717) is 11.3 Å². The van der Waals surface area contributed by atoms with Crippen LogP contribution in [0, 0.1) is 11.6 Å². The molecular weight excluding hydrogens is 552 g/mol. The minimum Gasteiger partial charge on any atom is -0.497 e. The third-order valence-electron chi connectivity index (χ3n) is 7.18. The Balaban J connectivity index is 1.67. The maximum Gasteiger partial charge on any atom is 0.264 e. The lowest BCUT2D eigenvalue weighted by molar-refractivity contribution is -0.139. The SMILES string of the molecule is COc1ccc(S(=O)(=O)N(CC(=O)N(Cc2ccc(F)cc2)C(C)C(=O)NC2CCCC2)c2ccc(F)cc2)cc1. The van der Waals surface area contributed by atoms with Gasteiger partial charge in [-0.15, -0.1) is 0 Å². The van der Waals surface area contributed by atoms with Gasteiger partial charge in [-0.05, 0) is 86.0 Å². The topological polar surface area (TPSA) is 96.0 Å². The Morgan fingerprint density at radius 2 is 1.49 bits per heavy atom. The highest BCUT2D eigenvalue weighted by Gasteiger charge is 2.33. The molecule has 1 unspecified atom stereocenters. The van der Waals surface area contributed by atoms with Crippen molar-refractivity contribution in [2.45, 2.75) is 56.1 Å². The summed E-state index contributed by atoms with van der Waals surface area (Å²) < 4.78 is 60.9. The lowest BCUT2D eigenvalue weighted by Crippen LogP contribution is -2.52. The molecule has 0 aliphatic heterocycles. The summed E-state index contributed by atoms with van der Waals surface area (Å²) in [6.07, 6.45) is 3.71. The molecule has 0 bridgehead atoms. The van der Waals surface area contributed by atoms with Crippen LogP contribution in [0.4, 0.5) is 14.5 Å². The summed E-state index contributed by atoms with van der Waals surface area (Å²) in [6, 6.07) is 15.0. The molecule has 0 saturated heterocycles. The Morgan fingerprint density at radius 3 is 2.05 bits per heavy atom. The molecule has 1 fully saturated rings. The molecule has 41 heavy (non-hydrogen) atoms. The summed E-state index contributed by atoms with van der Waals surface area (Å²) in [6.45, 7) is 0.854. The van der Waals surface area contributed by atoms with Gasteiger partial charge >= 0.3 is 0 Å². The molecule has 1 atom stereocenters. The summed E-state index contributed by atoms with van der Waals surface area (Å²) in [5.41, 5.74) is 0.631. The molecule has 1 aliphatic carbocycles. The van der Waals surface area contributed by atoms with Gasteiger partial charge in [0.05, 0.1) is 17.7 Å². The average Bonchev–Trinajstić information content (AvgIpc) is 3.48. The monoisotopic (exact) mass is 585 g/mol. The first-order chi connectivity index (χ1) is 19.6. The lowest BCUT2D eigenvalue weighted by Gasteiger charge is -2.32. The van der Waals surface area contributed by atoms with Gasteiger partial charge in [-0.1, -0.05) is 25.0 Å². The van der Waals surface area contributed by atoms with Gasteiger partial charge in [0.25, 0.3) is 10.0 Å². The van der Waals surface area contributed by atoms with Crippen LogP contribution in [0.15, 0.2) is 77.7 Å². The van der Waals surface area contributed by atoms with Crippen LogP contribution in [-0.2, 0) is 26.2 Å². The van der Waals surface area contributed by atoms with Crippen LogP contribution in [0.5, 0.6) is 5.75 Å². The van der Waals surface area contributed by atoms with Crippen molar-refractivity contribution in [1.82, 2.24) is 10.2 Å². The van der Waals surface area contributed by atoms with Crippen LogP contribution in [0.1, 0.15) is 38.2 Å². The zero-order chi connectivity index (χ0) is 29.6. The van der Waals surface area contributed by atoms with Gasteiger partial charge in [-0.3, -0.25) is 13.9 Å². The van der Waals surface area contributed by atoms with Crippen molar-refractivity contribution in [2.24, 2.45) is 0 Å². The van der Waals surface area contributed by atoms with E-state index < -0.39 is 40.2 Å². The summed E-state index contributed by atoms with van der Waals surface area (Å²) in [5, 5.41) is 2.99. The van der Waals surface area contributed by atoms with Crippen molar-refractivity contribution in [3.05, 3.63) is 90.0 Å². The van der Waals surface area contributed by atoms with E-state index in [1.165, 1.54) is 72.7 Å². The normalized spacial score (nSPS) is 14.3. The third kappa shape index (κ3) is 7.40. The van der Waals surface area contributed by atoms with Gasteiger partial charge in [-0.2, -0.15) is 0 Å². The molecule has 1 aliphatic rings. The van der Waals surface area contributed by atoms with Crippen molar-refractivity contribution in [3.63, 3.8) is 0 Å². The maximum atomic E-state index is 13.9. The zero-order valence-electron chi connectivity index (χ0n) is 22.9. The number of ether oxygens (including phenoxy) is 1. The Labute approximate surface area is 239 Å². The molecule has 0 radical (unpaired) electrons. The molecule has 4 rings (SSSR count). The standard InChI is InChI=1S/C30H33F2N3O5S/c1-21(30(37)33-25-5-3-4-6-25)34(19-22-7-9-23(31)10-8-22)29(36)20-35(26-13-11-24(32)12-14-26)41(38,39)28-17-15-27(40-2)16-18-28/h7-18,21,25H,3-6,19-20H2,1-2H3,(H,33,37). The molecule has 8 nitrogen and oxygen atoms in total. The predicted octanol–water partition coefficient (Wildman–Crippen LogP) is 4.64. The van der Waals surface area contributed by atoms with Crippen LogP contribution in [0.25, 0.3) is 0 Å². The van der Waals surface area contributed by atoms with Gasteiger partial charge in [0.1, 0.15) is 30.0 Å². The van der Waals surface area contributed by atoms with Gasteiger partial charge in [0.2, 0.25) is 11.8 Å². The van der Waals surface area contributed by atoms with Crippen molar-refractivity contribution in [2.75, 3.05) is 18.0 Å². The number of amides is 2. The largest absolute Gasteiger partial charge is 0.497 e. The Morgan fingerprint density at radius 1 is 0.927 bits per heavy atom. The first kappa shape index (κ1) is 30.0. The fraction of sp³-hybridized carbons (Fsp3) is 0.333. The number of methoxy groups -OCH3 is 1. The highest BCUT2D eigenvalue weighted by Crippen LogP contribution is 2.26. The molecule has 1 N–H and O–H groups in total. The minimum absolute atomic E-state index is 0.0129. The van der Waals surface area contributed by atoms with Crippen LogP contribution >= 0.6 is 0 Å². The Kier molecular flexibility index (Phi) is 9.59. The second-order valence-corrected chi connectivity index (χ2v) is 11.8. The summed E-state index contributed by atoms with van der Waals surface area (Å²) in [4.78, 5) is 28.3. The molecule has 0 aromatic heterocycles. The molecule has 218 valence electrons. The van der Waals surface area contributed by atoms with E-state index in [9.17, 15) is 26.8 Å². The minimum atomic E-state index is -4.31. The molecular formula is C30H33F2N3O5S. The predicted molar refractivity (Wildman–Crippen MR) is 151 cm³/mol. The van der Waals surface area contributed by atoms with E-state index in [4.69, 9.17) is 4.74 Å². The molecule has 1 saturated carbocycles. The van der Waals surface area contributed by atoms with Crippen molar-refractivity contribution in [3.8, 4) is 5.75 Å². The van der Waals surface area contributed by atoms with E-state index in [1.54, 1.807) is 6.92 Å². The third-order valence-corrected chi connectivity index (χ3v) is 8.96. The Bertz CT molecular complexity index is 1440. The number of carbonyl (C=O) groups is 2. The summed E-state index contributed by atoms with van der Waals surface area (Å²) in [7, 11) is -2.85. The highest BCUT2D eigenvalue weighted by molar-refractivity contribution is 7.92. The second kappa shape index (κ2) is 13.1. The molecule has 3 aromatic rings. The van der Waals surface area contributed by atoms with E-state index in [0.717, 1.165) is 42.1 Å². The first-order valence-corrected chi connectivity index (χ1v) is 14.8. The summed E-state index contributed by atoms with van der Waals surface area (Å²) >= 11 is 0. The van der Waals surface area contributed by atoms with E-state index >= 15 is 0 Å². The average molecular weight is 586 g/mol. The first-order valence-electron chi connectivity index (χ1n) is 13.3. The van der Waals surface area contributed by atoms with Crippen molar-refractivity contribution < 1.29 is 31.5 Å². The van der Waals surface area contributed by atoms with Crippen molar-refractivity contribution >= 4 is 27.5 Å². The van der Waals surface area contributed by atoms with Gasteiger partial charge in [0, 0.05) is 12.6 Å². The number of sulfonamides is 1. The van der Waals surface area contributed by atoms with Gasteiger partial charge in [0.15, 0.2) is 0 Å². The van der Waals surface area contributed by atoms with Gasteiger partial charge < -0.3 is 15.0 Å². The highest BCUT2D eigenvalue weighted by atomic mass is 32.2. The quantitative estimate of drug-likeness (QED) is 0.354. The number of hydrogen-bond donors (Lipinski definition) is 1. The fourth-order valence-corrected chi connectivity index (χ4v) is 6.19. The van der Waals surface area contributed by atoms with Crippen LogP contribution in [0.3, 0.4) is 0 Å². The van der Waals surface area contributed by atoms with Gasteiger partial charge in [-0.25, -0.2) is 17.2 Å². The summed E-state index contributed by atoms with van der Waals surface area (Å²) in [5.74, 6) is -1.60. The number of benzene rings is 3. The van der Waals surface area contributed by atoms with Crippen LogP contribution in [-0.4, -0.2) is 50.9 Å².